The van der Waals surface area contributed by atoms with Gasteiger partial charge in [-0.2, -0.15) is 0 Å². The van der Waals surface area contributed by atoms with Crippen LogP contribution < -0.4 is 10.9 Å². The van der Waals surface area contributed by atoms with E-state index in [0.29, 0.717) is 12.0 Å². The van der Waals surface area contributed by atoms with Crippen LogP contribution in [-0.4, -0.2) is 10.6 Å². The fraction of sp³-hybridized carbons (Fsp3) is 0.500. The van der Waals surface area contributed by atoms with Gasteiger partial charge in [-0.15, -0.1) is 0 Å². The number of pyridine rings is 1. The molecule has 118 valence electrons. The van der Waals surface area contributed by atoms with Gasteiger partial charge in [0.05, 0.1) is 12.5 Å². The molecular formula is C18H24N2O2. The Bertz CT molecular complexity index is 671. The standard InChI is InChI=1S/C18H24N2O2/c1-13(2)11-20-17-5-4-16(9-15(17)3-6-18(20)21)19-10-14-7-8-22-12-14/h3,6-8,12-13,16,19H,4-5,9-11H2,1-2H3. The van der Waals surface area contributed by atoms with Crippen molar-refractivity contribution in [2.24, 2.45) is 5.92 Å². The second-order valence-corrected chi connectivity index (χ2v) is 6.60. The molecule has 2 aromatic rings. The SMILES string of the molecule is CC(C)Cn1c2c(ccc1=O)CC(NCc1ccoc1)CC2. The van der Waals surface area contributed by atoms with E-state index in [1.54, 1.807) is 18.6 Å². The van der Waals surface area contributed by atoms with E-state index in [2.05, 4.69) is 19.2 Å². The third-order valence-corrected chi connectivity index (χ3v) is 4.31. The maximum atomic E-state index is 12.1. The van der Waals surface area contributed by atoms with Gasteiger partial charge in [0.25, 0.3) is 5.56 Å². The molecule has 1 aliphatic carbocycles. The smallest absolute Gasteiger partial charge is 0.250 e. The lowest BCUT2D eigenvalue weighted by Gasteiger charge is -2.28. The van der Waals surface area contributed by atoms with E-state index in [0.717, 1.165) is 32.4 Å². The summed E-state index contributed by atoms with van der Waals surface area (Å²) in [6, 6.07) is 6.19. The van der Waals surface area contributed by atoms with Gasteiger partial charge in [-0.05, 0) is 36.8 Å². The van der Waals surface area contributed by atoms with Crippen molar-refractivity contribution in [2.75, 3.05) is 0 Å². The number of nitrogens with one attached hydrogen (secondary N) is 1. The lowest BCUT2D eigenvalue weighted by atomic mass is 9.91. The minimum absolute atomic E-state index is 0.136. The zero-order valence-electron chi connectivity index (χ0n) is 13.3. The van der Waals surface area contributed by atoms with Crippen LogP contribution in [0.15, 0.2) is 39.9 Å². The number of hydrogen-bond donors (Lipinski definition) is 1. The van der Waals surface area contributed by atoms with E-state index in [9.17, 15) is 4.79 Å². The zero-order valence-corrected chi connectivity index (χ0v) is 13.3. The molecule has 0 fully saturated rings. The minimum atomic E-state index is 0.136. The van der Waals surface area contributed by atoms with Crippen molar-refractivity contribution in [1.82, 2.24) is 9.88 Å². The zero-order chi connectivity index (χ0) is 15.5. The molecule has 0 saturated carbocycles. The molecule has 0 saturated heterocycles. The second-order valence-electron chi connectivity index (χ2n) is 6.60. The van der Waals surface area contributed by atoms with Crippen molar-refractivity contribution in [3.05, 3.63) is 57.9 Å². The summed E-state index contributed by atoms with van der Waals surface area (Å²) in [5, 5.41) is 3.59. The molecule has 0 spiro atoms. The Hall–Kier alpha value is -1.81. The van der Waals surface area contributed by atoms with Gasteiger partial charge in [0.1, 0.15) is 0 Å². The van der Waals surface area contributed by atoms with Crippen LogP contribution in [0.5, 0.6) is 0 Å². The van der Waals surface area contributed by atoms with Crippen LogP contribution in [0.3, 0.4) is 0 Å². The second kappa shape index (κ2) is 6.53. The molecule has 0 amide bonds. The van der Waals surface area contributed by atoms with Crippen molar-refractivity contribution in [3.8, 4) is 0 Å². The topological polar surface area (TPSA) is 47.2 Å². The number of fused-ring (bicyclic) bond motifs is 1. The van der Waals surface area contributed by atoms with E-state index >= 15 is 0 Å². The van der Waals surface area contributed by atoms with Gasteiger partial charge in [-0.3, -0.25) is 4.79 Å². The van der Waals surface area contributed by atoms with Crippen molar-refractivity contribution in [2.45, 2.75) is 52.2 Å². The molecule has 0 aliphatic heterocycles. The van der Waals surface area contributed by atoms with Gasteiger partial charge in [0.2, 0.25) is 0 Å². The molecule has 1 unspecified atom stereocenters. The van der Waals surface area contributed by atoms with Gasteiger partial charge >= 0.3 is 0 Å². The Morgan fingerprint density at radius 1 is 1.36 bits per heavy atom. The monoisotopic (exact) mass is 300 g/mol. The first kappa shape index (κ1) is 15.1. The lowest BCUT2D eigenvalue weighted by molar-refractivity contribution is 0.424. The maximum absolute atomic E-state index is 12.1. The Kier molecular flexibility index (Phi) is 4.48. The molecule has 4 nitrogen and oxygen atoms in total. The van der Waals surface area contributed by atoms with Gasteiger partial charge in [0.15, 0.2) is 0 Å². The Labute approximate surface area is 131 Å². The molecule has 0 bridgehead atoms. The first-order valence-corrected chi connectivity index (χ1v) is 8.09. The van der Waals surface area contributed by atoms with Crippen molar-refractivity contribution in [1.29, 1.82) is 0 Å². The number of nitrogens with zero attached hydrogens (tertiary/aromatic N) is 1. The highest BCUT2D eigenvalue weighted by Crippen LogP contribution is 2.21. The largest absolute Gasteiger partial charge is 0.472 e. The van der Waals surface area contributed by atoms with Crippen LogP contribution in [0.1, 0.15) is 37.1 Å². The first-order valence-electron chi connectivity index (χ1n) is 8.09. The average Bonchev–Trinajstić information content (AvgIpc) is 3.01. The van der Waals surface area contributed by atoms with E-state index < -0.39 is 0 Å². The summed E-state index contributed by atoms with van der Waals surface area (Å²) in [5.41, 5.74) is 3.87. The molecule has 1 atom stereocenters. The molecule has 1 N–H and O–H groups in total. The summed E-state index contributed by atoms with van der Waals surface area (Å²) >= 11 is 0. The normalized spacial score (nSPS) is 17.7. The number of furan rings is 1. The van der Waals surface area contributed by atoms with E-state index in [1.807, 2.05) is 16.7 Å². The summed E-state index contributed by atoms with van der Waals surface area (Å²) in [5.74, 6) is 0.487. The van der Waals surface area contributed by atoms with E-state index in [4.69, 9.17) is 4.42 Å². The van der Waals surface area contributed by atoms with E-state index in [1.165, 1.54) is 16.8 Å². The maximum Gasteiger partial charge on any atom is 0.250 e. The van der Waals surface area contributed by atoms with Crippen LogP contribution in [-0.2, 0) is 25.9 Å². The third kappa shape index (κ3) is 3.33. The van der Waals surface area contributed by atoms with Gasteiger partial charge in [0, 0.05) is 36.5 Å². The van der Waals surface area contributed by atoms with Gasteiger partial charge in [-0.25, -0.2) is 0 Å². The summed E-state index contributed by atoms with van der Waals surface area (Å²) < 4.78 is 7.08. The lowest BCUT2D eigenvalue weighted by Crippen LogP contribution is -2.37. The molecule has 3 rings (SSSR count). The van der Waals surface area contributed by atoms with Crippen LogP contribution in [0.25, 0.3) is 0 Å². The highest BCUT2D eigenvalue weighted by atomic mass is 16.3. The summed E-state index contributed by atoms with van der Waals surface area (Å²) in [4.78, 5) is 12.1. The van der Waals surface area contributed by atoms with Crippen molar-refractivity contribution in [3.63, 3.8) is 0 Å². The van der Waals surface area contributed by atoms with Crippen LogP contribution >= 0.6 is 0 Å². The fourth-order valence-corrected chi connectivity index (χ4v) is 3.22. The van der Waals surface area contributed by atoms with E-state index in [-0.39, 0.29) is 5.56 Å². The third-order valence-electron chi connectivity index (χ3n) is 4.31. The molecular weight excluding hydrogens is 276 g/mol. The molecule has 22 heavy (non-hydrogen) atoms. The Morgan fingerprint density at radius 3 is 2.95 bits per heavy atom. The van der Waals surface area contributed by atoms with Crippen LogP contribution in [0.2, 0.25) is 0 Å². The van der Waals surface area contributed by atoms with Crippen molar-refractivity contribution >= 4 is 0 Å². The quantitative estimate of drug-likeness (QED) is 0.923. The molecule has 2 heterocycles. The Balaban J connectivity index is 1.72. The summed E-state index contributed by atoms with van der Waals surface area (Å²) in [6.45, 7) is 5.96. The van der Waals surface area contributed by atoms with Gasteiger partial charge < -0.3 is 14.3 Å². The Morgan fingerprint density at radius 2 is 2.23 bits per heavy atom. The predicted molar refractivity (Wildman–Crippen MR) is 86.9 cm³/mol. The molecule has 0 aromatic carbocycles. The molecule has 4 heteroatoms. The minimum Gasteiger partial charge on any atom is -0.472 e. The van der Waals surface area contributed by atoms with Gasteiger partial charge in [-0.1, -0.05) is 19.9 Å². The predicted octanol–water partition coefficient (Wildman–Crippen LogP) is 2.74. The average molecular weight is 300 g/mol. The molecule has 2 aromatic heterocycles. The summed E-state index contributed by atoms with van der Waals surface area (Å²) in [6.07, 6.45) is 6.53. The fourth-order valence-electron chi connectivity index (χ4n) is 3.22. The number of aromatic nitrogens is 1. The highest BCUT2D eigenvalue weighted by Gasteiger charge is 2.21. The number of rotatable bonds is 5. The molecule has 1 aliphatic rings. The molecule has 0 radical (unpaired) electrons. The van der Waals surface area contributed by atoms with Crippen LogP contribution in [0.4, 0.5) is 0 Å². The van der Waals surface area contributed by atoms with Crippen LogP contribution in [0, 0.1) is 5.92 Å². The highest BCUT2D eigenvalue weighted by molar-refractivity contribution is 5.25. The number of hydrogen-bond acceptors (Lipinski definition) is 3. The first-order chi connectivity index (χ1) is 10.6. The summed E-state index contributed by atoms with van der Waals surface area (Å²) in [7, 11) is 0. The van der Waals surface area contributed by atoms with Crippen molar-refractivity contribution < 1.29 is 4.42 Å².